The molecule has 2 N–H and O–H groups in total. The number of nitrogens with two attached hydrogens (primary N) is 1. The Morgan fingerprint density at radius 1 is 1.56 bits per heavy atom. The van der Waals surface area contributed by atoms with Crippen molar-refractivity contribution in [1.82, 2.24) is 4.98 Å². The molecule has 0 aromatic carbocycles. The van der Waals surface area contributed by atoms with E-state index in [1.807, 2.05) is 5.38 Å². The monoisotopic (exact) mass is 266 g/mol. The number of carbonyl (C=O) groups excluding carboxylic acids is 1. The summed E-state index contributed by atoms with van der Waals surface area (Å²) in [6.07, 6.45) is 1.46. The molecule has 2 heterocycles. The molecule has 2 aromatic heterocycles. The minimum atomic E-state index is -0.374. The lowest BCUT2D eigenvalue weighted by Crippen LogP contribution is -2.06. The van der Waals surface area contributed by atoms with Gasteiger partial charge in [-0.1, -0.05) is 0 Å². The van der Waals surface area contributed by atoms with Crippen molar-refractivity contribution in [2.75, 3.05) is 19.5 Å². The van der Waals surface area contributed by atoms with Crippen molar-refractivity contribution in [3.63, 3.8) is 0 Å². The number of fused-ring (bicyclic) bond motifs is 1. The number of esters is 1. The van der Waals surface area contributed by atoms with Gasteiger partial charge in [0.15, 0.2) is 0 Å². The number of hydrogen-bond donors (Lipinski definition) is 1. The minimum absolute atomic E-state index is 0.334. The second-order valence-corrected chi connectivity index (χ2v) is 4.56. The molecule has 18 heavy (non-hydrogen) atoms. The average molecular weight is 266 g/mol. The molecule has 0 spiro atoms. The highest BCUT2D eigenvalue weighted by Gasteiger charge is 2.17. The van der Waals surface area contributed by atoms with Gasteiger partial charge in [0, 0.05) is 18.7 Å². The zero-order valence-electron chi connectivity index (χ0n) is 10.2. The maximum absolute atomic E-state index is 11.8. The summed E-state index contributed by atoms with van der Waals surface area (Å²) in [5, 5.41) is 2.71. The Balaban J connectivity index is 2.57. The minimum Gasteiger partial charge on any atom is -0.462 e. The van der Waals surface area contributed by atoms with E-state index in [-0.39, 0.29) is 5.97 Å². The number of aromatic nitrogens is 1. The average Bonchev–Trinajstić information content (AvgIpc) is 2.75. The number of rotatable bonds is 4. The number of pyridine rings is 1. The molecule has 96 valence electrons. The third kappa shape index (κ3) is 2.16. The van der Waals surface area contributed by atoms with Crippen molar-refractivity contribution >= 4 is 33.2 Å². The molecular formula is C12H14N2O3S. The number of thiophene rings is 1. The van der Waals surface area contributed by atoms with E-state index in [2.05, 4.69) is 4.98 Å². The molecule has 5 nitrogen and oxygen atoms in total. The Bertz CT molecular complexity index is 580. The summed E-state index contributed by atoms with van der Waals surface area (Å²) < 4.78 is 10.9. The number of ether oxygens (including phenoxy) is 2. The van der Waals surface area contributed by atoms with E-state index in [0.29, 0.717) is 24.6 Å². The van der Waals surface area contributed by atoms with Crippen LogP contribution in [0.5, 0.6) is 0 Å². The fourth-order valence-electron chi connectivity index (χ4n) is 1.75. The van der Waals surface area contributed by atoms with Crippen LogP contribution >= 0.6 is 11.3 Å². The molecule has 0 radical (unpaired) electrons. The van der Waals surface area contributed by atoms with Gasteiger partial charge in [-0.15, -0.1) is 11.3 Å². The molecule has 0 bridgehead atoms. The van der Waals surface area contributed by atoms with Crippen molar-refractivity contribution in [2.24, 2.45) is 0 Å². The fraction of sp³-hybridized carbons (Fsp3) is 0.333. The van der Waals surface area contributed by atoms with E-state index in [4.69, 9.17) is 15.2 Å². The third-order valence-corrected chi connectivity index (χ3v) is 3.56. The molecule has 0 saturated carbocycles. The van der Waals surface area contributed by atoms with Gasteiger partial charge in [-0.05, 0) is 17.9 Å². The fourth-order valence-corrected chi connectivity index (χ4v) is 2.81. The second-order valence-electron chi connectivity index (χ2n) is 3.68. The Kier molecular flexibility index (Phi) is 3.78. The number of nitrogen functional groups attached to an aromatic ring is 1. The highest BCUT2D eigenvalue weighted by atomic mass is 32.1. The highest BCUT2D eigenvalue weighted by Crippen LogP contribution is 2.33. The van der Waals surface area contributed by atoms with E-state index in [1.54, 1.807) is 14.0 Å². The van der Waals surface area contributed by atoms with Crippen LogP contribution in [0.1, 0.15) is 22.8 Å². The predicted octanol–water partition coefficient (Wildman–Crippen LogP) is 2.20. The molecule has 0 aliphatic rings. The topological polar surface area (TPSA) is 74.4 Å². The van der Waals surface area contributed by atoms with Gasteiger partial charge in [0.1, 0.15) is 5.82 Å². The van der Waals surface area contributed by atoms with E-state index < -0.39 is 0 Å². The van der Waals surface area contributed by atoms with Crippen LogP contribution in [0.15, 0.2) is 11.6 Å². The van der Waals surface area contributed by atoms with E-state index in [1.165, 1.54) is 17.5 Å². The van der Waals surface area contributed by atoms with Crippen molar-refractivity contribution in [3.8, 4) is 0 Å². The molecule has 0 amide bonds. The van der Waals surface area contributed by atoms with Gasteiger partial charge < -0.3 is 15.2 Å². The molecule has 2 aromatic rings. The van der Waals surface area contributed by atoms with Gasteiger partial charge in [0.25, 0.3) is 0 Å². The summed E-state index contributed by atoms with van der Waals surface area (Å²) >= 11 is 1.45. The maximum Gasteiger partial charge on any atom is 0.341 e. The van der Waals surface area contributed by atoms with Crippen LogP contribution in [0.3, 0.4) is 0 Å². The molecule has 0 fully saturated rings. The zero-order valence-corrected chi connectivity index (χ0v) is 11.0. The first kappa shape index (κ1) is 12.8. The van der Waals surface area contributed by atoms with Crippen molar-refractivity contribution in [1.29, 1.82) is 0 Å². The summed E-state index contributed by atoms with van der Waals surface area (Å²) in [6.45, 7) is 2.55. The Labute approximate surface area is 109 Å². The molecule has 0 saturated heterocycles. The lowest BCUT2D eigenvalue weighted by Gasteiger charge is -2.05. The van der Waals surface area contributed by atoms with Crippen LogP contribution < -0.4 is 5.73 Å². The van der Waals surface area contributed by atoms with Crippen molar-refractivity contribution in [3.05, 3.63) is 22.7 Å². The standard InChI is InChI=1S/C12H14N2O3S/c1-3-17-12(15)8-4-14-11(13)9-7(5-16-2)6-18-10(8)9/h4,6H,3,5H2,1-2H3,(H2,13,14). The number of hydrogen-bond acceptors (Lipinski definition) is 6. The molecule has 0 aliphatic carbocycles. The largest absolute Gasteiger partial charge is 0.462 e. The number of nitrogens with zero attached hydrogens (tertiary/aromatic N) is 1. The van der Waals surface area contributed by atoms with E-state index in [0.717, 1.165) is 15.6 Å². The molecular weight excluding hydrogens is 252 g/mol. The van der Waals surface area contributed by atoms with Gasteiger partial charge >= 0.3 is 5.97 Å². The van der Waals surface area contributed by atoms with Gasteiger partial charge in [-0.3, -0.25) is 0 Å². The lowest BCUT2D eigenvalue weighted by molar-refractivity contribution is 0.0528. The van der Waals surface area contributed by atoms with Crippen molar-refractivity contribution < 1.29 is 14.3 Å². The summed E-state index contributed by atoms with van der Waals surface area (Å²) in [5.74, 6) is 0.0344. The van der Waals surface area contributed by atoms with Crippen LogP contribution in [0, 0.1) is 0 Å². The third-order valence-electron chi connectivity index (χ3n) is 2.50. The van der Waals surface area contributed by atoms with Crippen molar-refractivity contribution in [2.45, 2.75) is 13.5 Å². The van der Waals surface area contributed by atoms with E-state index in [9.17, 15) is 4.79 Å². The Morgan fingerprint density at radius 3 is 3.00 bits per heavy atom. The second kappa shape index (κ2) is 5.32. The molecule has 2 rings (SSSR count). The normalized spacial score (nSPS) is 10.8. The smallest absolute Gasteiger partial charge is 0.341 e. The van der Waals surface area contributed by atoms with E-state index >= 15 is 0 Å². The molecule has 0 unspecified atom stereocenters. The summed E-state index contributed by atoms with van der Waals surface area (Å²) in [4.78, 5) is 15.9. The summed E-state index contributed by atoms with van der Waals surface area (Å²) in [6, 6.07) is 0. The maximum atomic E-state index is 11.8. The van der Waals surface area contributed by atoms with Crippen LogP contribution in [-0.2, 0) is 16.1 Å². The van der Waals surface area contributed by atoms with Crippen LogP contribution in [0.4, 0.5) is 5.82 Å². The van der Waals surface area contributed by atoms with Gasteiger partial charge in [-0.25, -0.2) is 9.78 Å². The summed E-state index contributed by atoms with van der Waals surface area (Å²) in [5.41, 5.74) is 7.25. The highest BCUT2D eigenvalue weighted by molar-refractivity contribution is 7.17. The first-order valence-corrected chi connectivity index (χ1v) is 6.37. The SMILES string of the molecule is CCOC(=O)c1cnc(N)c2c(COC)csc12. The number of carbonyl (C=O) groups is 1. The Hall–Kier alpha value is -1.66. The first-order valence-electron chi connectivity index (χ1n) is 5.49. The zero-order chi connectivity index (χ0) is 13.1. The lowest BCUT2D eigenvalue weighted by atomic mass is 10.1. The van der Waals surface area contributed by atoms with Gasteiger partial charge in [0.2, 0.25) is 0 Å². The summed E-state index contributed by atoms with van der Waals surface area (Å²) in [7, 11) is 1.61. The van der Waals surface area contributed by atoms with Gasteiger partial charge in [0.05, 0.1) is 23.5 Å². The number of methoxy groups -OCH3 is 1. The molecule has 6 heteroatoms. The van der Waals surface area contributed by atoms with Crippen LogP contribution in [-0.4, -0.2) is 24.7 Å². The quantitative estimate of drug-likeness (QED) is 0.859. The number of anilines is 1. The molecule has 0 atom stereocenters. The Morgan fingerprint density at radius 2 is 2.33 bits per heavy atom. The molecule has 0 aliphatic heterocycles. The first-order chi connectivity index (χ1) is 8.69. The van der Waals surface area contributed by atoms with Gasteiger partial charge in [-0.2, -0.15) is 0 Å². The van der Waals surface area contributed by atoms with Crippen LogP contribution in [0.2, 0.25) is 0 Å². The predicted molar refractivity (Wildman–Crippen MR) is 70.7 cm³/mol. The van der Waals surface area contributed by atoms with Crippen LogP contribution in [0.25, 0.3) is 10.1 Å².